The zero-order valence-corrected chi connectivity index (χ0v) is 13.1. The topological polar surface area (TPSA) is 71.2 Å². The Hall–Kier alpha value is -1.92. The second kappa shape index (κ2) is 7.19. The molecule has 1 aromatic heterocycles. The third-order valence-electron chi connectivity index (χ3n) is 3.34. The fourth-order valence-corrected chi connectivity index (χ4v) is 2.55. The van der Waals surface area contributed by atoms with Gasteiger partial charge in [0, 0.05) is 37.2 Å². The maximum atomic E-state index is 12.0. The van der Waals surface area contributed by atoms with Crippen molar-refractivity contribution in [3.05, 3.63) is 46.4 Å². The lowest BCUT2D eigenvalue weighted by Gasteiger charge is -2.27. The van der Waals surface area contributed by atoms with Crippen LogP contribution < -0.4 is 16.0 Å². The monoisotopic (exact) mass is 304 g/mol. The Kier molecular flexibility index (Phi) is 5.30. The van der Waals surface area contributed by atoms with Crippen LogP contribution in [0.2, 0.25) is 0 Å². The van der Waals surface area contributed by atoms with E-state index in [-0.39, 0.29) is 11.9 Å². The van der Waals surface area contributed by atoms with E-state index < -0.39 is 0 Å². The predicted molar refractivity (Wildman–Crippen MR) is 86.6 cm³/mol. The summed E-state index contributed by atoms with van der Waals surface area (Å²) in [6.07, 6.45) is 0. The molecular formula is C15H20N4OS. The van der Waals surface area contributed by atoms with Gasteiger partial charge in [0.15, 0.2) is 0 Å². The minimum absolute atomic E-state index is 0.153. The average molecular weight is 304 g/mol. The number of carbonyl (C=O) groups excluding carboxylic acids is 1. The quantitative estimate of drug-likeness (QED) is 0.854. The molecule has 21 heavy (non-hydrogen) atoms. The summed E-state index contributed by atoms with van der Waals surface area (Å²) in [4.78, 5) is 18.3. The zero-order chi connectivity index (χ0) is 15.2. The molecule has 0 bridgehead atoms. The van der Waals surface area contributed by atoms with Gasteiger partial charge in [-0.05, 0) is 19.1 Å². The van der Waals surface area contributed by atoms with Gasteiger partial charge in [0.05, 0.1) is 0 Å². The molecule has 1 heterocycles. The number of hydrogen-bond acceptors (Lipinski definition) is 5. The van der Waals surface area contributed by atoms with Gasteiger partial charge in [0.1, 0.15) is 10.7 Å². The van der Waals surface area contributed by atoms with Crippen molar-refractivity contribution in [2.24, 2.45) is 5.73 Å². The number of likely N-dealkylation sites (N-methyl/N-ethyl adjacent to an activating group) is 1. The minimum Gasteiger partial charge on any atom is -0.370 e. The van der Waals surface area contributed by atoms with E-state index in [0.717, 1.165) is 10.7 Å². The van der Waals surface area contributed by atoms with Crippen LogP contribution in [0.15, 0.2) is 35.7 Å². The highest BCUT2D eigenvalue weighted by atomic mass is 32.1. The van der Waals surface area contributed by atoms with Crippen LogP contribution in [0.25, 0.3) is 0 Å². The third kappa shape index (κ3) is 4.03. The minimum atomic E-state index is -0.153. The van der Waals surface area contributed by atoms with Crippen molar-refractivity contribution in [3.8, 4) is 0 Å². The van der Waals surface area contributed by atoms with E-state index in [1.807, 2.05) is 37.4 Å². The summed E-state index contributed by atoms with van der Waals surface area (Å²) in [5.74, 6) is -0.153. The maximum Gasteiger partial charge on any atom is 0.270 e. The summed E-state index contributed by atoms with van der Waals surface area (Å²) in [6.45, 7) is 2.99. The number of para-hydroxylation sites is 1. The molecule has 6 heteroatoms. The first kappa shape index (κ1) is 15.5. The van der Waals surface area contributed by atoms with E-state index in [1.165, 1.54) is 11.3 Å². The van der Waals surface area contributed by atoms with Crippen LogP contribution in [0.3, 0.4) is 0 Å². The fourth-order valence-electron chi connectivity index (χ4n) is 1.89. The summed E-state index contributed by atoms with van der Waals surface area (Å²) in [7, 11) is 2.02. The molecule has 5 nitrogen and oxygen atoms in total. The SMILES string of the molecule is CC(CNC(=O)c1csc(CN)n1)N(C)c1ccccc1. The summed E-state index contributed by atoms with van der Waals surface area (Å²) < 4.78 is 0. The van der Waals surface area contributed by atoms with Gasteiger partial charge < -0.3 is 16.0 Å². The van der Waals surface area contributed by atoms with E-state index in [2.05, 4.69) is 22.1 Å². The number of nitrogens with zero attached hydrogens (tertiary/aromatic N) is 2. The van der Waals surface area contributed by atoms with Gasteiger partial charge in [-0.15, -0.1) is 11.3 Å². The lowest BCUT2D eigenvalue weighted by Crippen LogP contribution is -2.40. The summed E-state index contributed by atoms with van der Waals surface area (Å²) in [6, 6.07) is 10.3. The molecule has 2 rings (SSSR count). The number of hydrogen-bond donors (Lipinski definition) is 2. The van der Waals surface area contributed by atoms with E-state index in [9.17, 15) is 4.79 Å². The number of anilines is 1. The van der Waals surface area contributed by atoms with Crippen LogP contribution in [0, 0.1) is 0 Å². The molecule has 1 amide bonds. The summed E-state index contributed by atoms with van der Waals surface area (Å²) in [5.41, 5.74) is 7.06. The van der Waals surface area contributed by atoms with Gasteiger partial charge in [-0.3, -0.25) is 4.79 Å². The lowest BCUT2D eigenvalue weighted by atomic mass is 10.2. The second-order valence-corrected chi connectivity index (χ2v) is 5.78. The molecule has 0 saturated heterocycles. The first-order valence-corrected chi connectivity index (χ1v) is 7.70. The van der Waals surface area contributed by atoms with Crippen LogP contribution in [0.4, 0.5) is 5.69 Å². The number of amides is 1. The normalized spacial score (nSPS) is 12.0. The van der Waals surface area contributed by atoms with Crippen molar-refractivity contribution in [1.29, 1.82) is 0 Å². The van der Waals surface area contributed by atoms with Gasteiger partial charge in [-0.1, -0.05) is 18.2 Å². The number of nitrogens with one attached hydrogen (secondary N) is 1. The van der Waals surface area contributed by atoms with Crippen molar-refractivity contribution in [2.45, 2.75) is 19.5 Å². The average Bonchev–Trinajstić information content (AvgIpc) is 3.01. The zero-order valence-electron chi connectivity index (χ0n) is 12.2. The van der Waals surface area contributed by atoms with E-state index >= 15 is 0 Å². The summed E-state index contributed by atoms with van der Waals surface area (Å²) in [5, 5.41) is 5.42. The Morgan fingerprint density at radius 2 is 2.14 bits per heavy atom. The number of rotatable bonds is 6. The highest BCUT2D eigenvalue weighted by Crippen LogP contribution is 2.14. The highest BCUT2D eigenvalue weighted by Gasteiger charge is 2.14. The fraction of sp³-hybridized carbons (Fsp3) is 0.333. The first-order chi connectivity index (χ1) is 10.1. The Balaban J connectivity index is 1.88. The number of nitrogens with two attached hydrogens (primary N) is 1. The number of benzene rings is 1. The number of carbonyl (C=O) groups is 1. The molecule has 0 aliphatic carbocycles. The Bertz CT molecular complexity index is 584. The van der Waals surface area contributed by atoms with E-state index in [0.29, 0.717) is 18.8 Å². The summed E-state index contributed by atoms with van der Waals surface area (Å²) >= 11 is 1.41. The highest BCUT2D eigenvalue weighted by molar-refractivity contribution is 7.09. The molecular weight excluding hydrogens is 284 g/mol. The predicted octanol–water partition coefficient (Wildman–Crippen LogP) is 1.86. The molecule has 0 aliphatic heterocycles. The molecule has 112 valence electrons. The Morgan fingerprint density at radius 1 is 1.43 bits per heavy atom. The van der Waals surface area contributed by atoms with Gasteiger partial charge in [0.25, 0.3) is 5.91 Å². The van der Waals surface area contributed by atoms with Crippen molar-refractivity contribution < 1.29 is 4.79 Å². The van der Waals surface area contributed by atoms with Crippen LogP contribution in [-0.4, -0.2) is 30.5 Å². The Labute approximate surface area is 128 Å². The molecule has 0 radical (unpaired) electrons. The van der Waals surface area contributed by atoms with Crippen molar-refractivity contribution in [2.75, 3.05) is 18.5 Å². The van der Waals surface area contributed by atoms with Crippen LogP contribution in [0.1, 0.15) is 22.4 Å². The standard InChI is InChI=1S/C15H20N4OS/c1-11(19(2)12-6-4-3-5-7-12)9-17-15(20)13-10-21-14(8-16)18-13/h3-7,10-11H,8-9,16H2,1-2H3,(H,17,20). The molecule has 1 aromatic carbocycles. The van der Waals surface area contributed by atoms with Gasteiger partial charge in [0.2, 0.25) is 0 Å². The van der Waals surface area contributed by atoms with Crippen molar-refractivity contribution in [1.82, 2.24) is 10.3 Å². The smallest absolute Gasteiger partial charge is 0.270 e. The largest absolute Gasteiger partial charge is 0.370 e. The molecule has 1 atom stereocenters. The number of thiazole rings is 1. The van der Waals surface area contributed by atoms with E-state index in [4.69, 9.17) is 5.73 Å². The molecule has 2 aromatic rings. The van der Waals surface area contributed by atoms with Gasteiger partial charge in [-0.25, -0.2) is 4.98 Å². The number of aromatic nitrogens is 1. The maximum absolute atomic E-state index is 12.0. The molecule has 3 N–H and O–H groups in total. The Morgan fingerprint density at radius 3 is 2.76 bits per heavy atom. The first-order valence-electron chi connectivity index (χ1n) is 6.82. The lowest BCUT2D eigenvalue weighted by molar-refractivity contribution is 0.0947. The van der Waals surface area contributed by atoms with Crippen LogP contribution in [-0.2, 0) is 6.54 Å². The molecule has 0 spiro atoms. The third-order valence-corrected chi connectivity index (χ3v) is 4.21. The van der Waals surface area contributed by atoms with E-state index in [1.54, 1.807) is 5.38 Å². The van der Waals surface area contributed by atoms with Crippen LogP contribution >= 0.6 is 11.3 Å². The van der Waals surface area contributed by atoms with Crippen LogP contribution in [0.5, 0.6) is 0 Å². The van der Waals surface area contributed by atoms with Crippen molar-refractivity contribution >= 4 is 22.9 Å². The molecule has 0 aliphatic rings. The molecule has 0 saturated carbocycles. The second-order valence-electron chi connectivity index (χ2n) is 4.84. The van der Waals surface area contributed by atoms with Gasteiger partial charge in [-0.2, -0.15) is 0 Å². The van der Waals surface area contributed by atoms with Gasteiger partial charge >= 0.3 is 0 Å². The molecule has 1 unspecified atom stereocenters. The van der Waals surface area contributed by atoms with Crippen molar-refractivity contribution in [3.63, 3.8) is 0 Å². The molecule has 0 fully saturated rings.